The number of rotatable bonds is 3. The molecule has 0 spiro atoms. The predicted octanol–water partition coefficient (Wildman–Crippen LogP) is 2.37. The van der Waals surface area contributed by atoms with Crippen LogP contribution in [0.25, 0.3) is 0 Å². The Morgan fingerprint density at radius 3 is 2.44 bits per heavy atom. The zero-order chi connectivity index (χ0) is 11.6. The van der Waals surface area contributed by atoms with E-state index in [9.17, 15) is 8.42 Å². The number of allylic oxidation sites excluding steroid dienone is 4. The SMILES string of the molecule is CS(=O)(=O)C1=CC=C(OC2CCCC2)[CH]C1. The average molecular weight is 241 g/mol. The van der Waals surface area contributed by atoms with Gasteiger partial charge in [0.2, 0.25) is 0 Å². The lowest BCUT2D eigenvalue weighted by atomic mass is 10.1. The minimum Gasteiger partial charge on any atom is -0.494 e. The quantitative estimate of drug-likeness (QED) is 0.762. The molecule has 3 nitrogen and oxygen atoms in total. The molecule has 0 aromatic carbocycles. The van der Waals surface area contributed by atoms with Gasteiger partial charge in [-0.15, -0.1) is 0 Å². The summed E-state index contributed by atoms with van der Waals surface area (Å²) in [5, 5.41) is 0. The minimum atomic E-state index is -3.05. The van der Waals surface area contributed by atoms with Gasteiger partial charge in [0.05, 0.1) is 6.10 Å². The first kappa shape index (κ1) is 11.7. The Morgan fingerprint density at radius 2 is 1.94 bits per heavy atom. The lowest BCUT2D eigenvalue weighted by Crippen LogP contribution is -2.11. The first-order valence-corrected chi connectivity index (χ1v) is 7.55. The van der Waals surface area contributed by atoms with Crippen LogP contribution in [-0.2, 0) is 14.6 Å². The summed E-state index contributed by atoms with van der Waals surface area (Å²) in [4.78, 5) is 0.464. The van der Waals surface area contributed by atoms with Crippen molar-refractivity contribution in [1.29, 1.82) is 0 Å². The van der Waals surface area contributed by atoms with Crippen LogP contribution in [0, 0.1) is 6.42 Å². The van der Waals surface area contributed by atoms with Crippen molar-refractivity contribution < 1.29 is 13.2 Å². The molecule has 16 heavy (non-hydrogen) atoms. The van der Waals surface area contributed by atoms with Crippen molar-refractivity contribution in [2.45, 2.75) is 38.2 Å². The van der Waals surface area contributed by atoms with Crippen LogP contribution in [0.4, 0.5) is 0 Å². The Bertz CT molecular complexity index is 412. The molecule has 0 amide bonds. The molecule has 1 radical (unpaired) electrons. The molecule has 0 heterocycles. The molecule has 0 unspecified atom stereocenters. The van der Waals surface area contributed by atoms with Gasteiger partial charge in [-0.1, -0.05) is 0 Å². The van der Waals surface area contributed by atoms with E-state index in [1.807, 2.05) is 6.42 Å². The van der Waals surface area contributed by atoms with Gasteiger partial charge in [-0.05, 0) is 44.3 Å². The summed E-state index contributed by atoms with van der Waals surface area (Å²) < 4.78 is 28.3. The number of hydrogen-bond donors (Lipinski definition) is 0. The Kier molecular flexibility index (Phi) is 3.38. The molecular formula is C12H17O3S. The molecule has 4 heteroatoms. The highest BCUT2D eigenvalue weighted by atomic mass is 32.2. The van der Waals surface area contributed by atoms with E-state index in [0.717, 1.165) is 18.6 Å². The highest BCUT2D eigenvalue weighted by molar-refractivity contribution is 7.94. The first-order valence-electron chi connectivity index (χ1n) is 5.66. The molecule has 0 N–H and O–H groups in total. The third-order valence-electron chi connectivity index (χ3n) is 3.02. The van der Waals surface area contributed by atoms with E-state index < -0.39 is 9.84 Å². The van der Waals surface area contributed by atoms with E-state index >= 15 is 0 Å². The Morgan fingerprint density at radius 1 is 1.25 bits per heavy atom. The average Bonchev–Trinajstić information content (AvgIpc) is 2.70. The molecule has 0 saturated heterocycles. The molecule has 0 bridgehead atoms. The van der Waals surface area contributed by atoms with Gasteiger partial charge in [0.15, 0.2) is 9.84 Å². The fourth-order valence-corrected chi connectivity index (χ4v) is 2.77. The predicted molar refractivity (Wildman–Crippen MR) is 63.3 cm³/mol. The molecule has 0 aromatic heterocycles. The maximum absolute atomic E-state index is 11.3. The lowest BCUT2D eigenvalue weighted by Gasteiger charge is -2.18. The highest BCUT2D eigenvalue weighted by Crippen LogP contribution is 2.27. The zero-order valence-electron chi connectivity index (χ0n) is 9.48. The third-order valence-corrected chi connectivity index (χ3v) is 4.27. The molecule has 0 aliphatic heterocycles. The van der Waals surface area contributed by atoms with Crippen LogP contribution in [-0.4, -0.2) is 20.8 Å². The van der Waals surface area contributed by atoms with Gasteiger partial charge in [0.25, 0.3) is 0 Å². The molecular weight excluding hydrogens is 224 g/mol. The summed E-state index contributed by atoms with van der Waals surface area (Å²) in [5.74, 6) is 0.819. The minimum absolute atomic E-state index is 0.329. The topological polar surface area (TPSA) is 43.4 Å². The highest BCUT2D eigenvalue weighted by Gasteiger charge is 2.20. The lowest BCUT2D eigenvalue weighted by molar-refractivity contribution is 0.126. The second-order valence-corrected chi connectivity index (χ2v) is 6.48. The van der Waals surface area contributed by atoms with Gasteiger partial charge in [0.1, 0.15) is 5.76 Å². The van der Waals surface area contributed by atoms with E-state index in [0.29, 0.717) is 17.4 Å². The number of ether oxygens (including phenoxy) is 1. The van der Waals surface area contributed by atoms with Gasteiger partial charge in [-0.3, -0.25) is 0 Å². The zero-order valence-corrected chi connectivity index (χ0v) is 10.3. The van der Waals surface area contributed by atoms with Gasteiger partial charge < -0.3 is 4.74 Å². The van der Waals surface area contributed by atoms with Crippen LogP contribution < -0.4 is 0 Å². The fourth-order valence-electron chi connectivity index (χ4n) is 2.07. The van der Waals surface area contributed by atoms with E-state index in [1.54, 1.807) is 12.2 Å². The maximum atomic E-state index is 11.3. The molecule has 1 saturated carbocycles. The summed E-state index contributed by atoms with van der Waals surface area (Å²) >= 11 is 0. The van der Waals surface area contributed by atoms with Crippen LogP contribution in [0.5, 0.6) is 0 Å². The third kappa shape index (κ3) is 2.88. The van der Waals surface area contributed by atoms with Crippen molar-refractivity contribution in [3.63, 3.8) is 0 Å². The Balaban J connectivity index is 1.99. The fraction of sp³-hybridized carbons (Fsp3) is 0.583. The van der Waals surface area contributed by atoms with Crippen molar-refractivity contribution in [3.05, 3.63) is 29.2 Å². The smallest absolute Gasteiger partial charge is 0.171 e. The number of sulfone groups is 1. The molecule has 2 aliphatic rings. The first-order chi connectivity index (χ1) is 7.55. The summed E-state index contributed by atoms with van der Waals surface area (Å²) in [6.45, 7) is 0. The molecule has 0 atom stereocenters. The molecule has 2 aliphatic carbocycles. The molecule has 0 aromatic rings. The normalized spacial score (nSPS) is 22.8. The maximum Gasteiger partial charge on any atom is 0.171 e. The van der Waals surface area contributed by atoms with Crippen molar-refractivity contribution in [2.24, 2.45) is 0 Å². The van der Waals surface area contributed by atoms with E-state index in [2.05, 4.69) is 0 Å². The van der Waals surface area contributed by atoms with Crippen molar-refractivity contribution in [3.8, 4) is 0 Å². The van der Waals surface area contributed by atoms with Crippen LogP contribution >= 0.6 is 0 Å². The van der Waals surface area contributed by atoms with Gasteiger partial charge in [-0.25, -0.2) is 8.42 Å². The summed E-state index contributed by atoms with van der Waals surface area (Å²) in [5.41, 5.74) is 0. The van der Waals surface area contributed by atoms with Crippen LogP contribution in [0.2, 0.25) is 0 Å². The number of hydrogen-bond acceptors (Lipinski definition) is 3. The summed E-state index contributed by atoms with van der Waals surface area (Å²) in [6, 6.07) is 0. The van der Waals surface area contributed by atoms with Crippen LogP contribution in [0.1, 0.15) is 32.1 Å². The monoisotopic (exact) mass is 241 g/mol. The Labute approximate surface area is 97.1 Å². The van der Waals surface area contributed by atoms with Crippen LogP contribution in [0.15, 0.2) is 22.8 Å². The molecule has 1 fully saturated rings. The second-order valence-electron chi connectivity index (χ2n) is 4.41. The summed E-state index contributed by atoms with van der Waals surface area (Å²) in [6.07, 6.45) is 12.0. The van der Waals surface area contributed by atoms with Crippen molar-refractivity contribution in [2.75, 3.05) is 6.26 Å². The van der Waals surface area contributed by atoms with Crippen molar-refractivity contribution in [1.82, 2.24) is 0 Å². The van der Waals surface area contributed by atoms with E-state index in [1.165, 1.54) is 19.1 Å². The second kappa shape index (κ2) is 4.62. The largest absolute Gasteiger partial charge is 0.494 e. The van der Waals surface area contributed by atoms with E-state index in [-0.39, 0.29) is 0 Å². The van der Waals surface area contributed by atoms with E-state index in [4.69, 9.17) is 4.74 Å². The van der Waals surface area contributed by atoms with Gasteiger partial charge in [0, 0.05) is 17.6 Å². The standard InChI is InChI=1S/C12H17O3S/c1-16(13,14)12-8-6-11(7-9-12)15-10-4-2-3-5-10/h6-8,10H,2-5,9H2,1H3. The van der Waals surface area contributed by atoms with Gasteiger partial charge >= 0.3 is 0 Å². The Hall–Kier alpha value is -0.770. The molecule has 2 rings (SSSR count). The molecule has 89 valence electrons. The summed E-state index contributed by atoms with van der Waals surface area (Å²) in [7, 11) is -3.05. The van der Waals surface area contributed by atoms with Crippen molar-refractivity contribution >= 4 is 9.84 Å². The van der Waals surface area contributed by atoms with Crippen LogP contribution in [0.3, 0.4) is 0 Å². The van der Waals surface area contributed by atoms with Gasteiger partial charge in [-0.2, -0.15) is 0 Å².